The Labute approximate surface area is 106 Å². The minimum atomic E-state index is -2.91. The second-order valence-corrected chi connectivity index (χ2v) is 3.66. The predicted molar refractivity (Wildman–Crippen MR) is 63.7 cm³/mol. The van der Waals surface area contributed by atoms with E-state index in [0.29, 0.717) is 10.9 Å². The Morgan fingerprint density at radius 2 is 2.33 bits per heavy atom. The molecule has 0 saturated carbocycles. The van der Waals surface area contributed by atoms with Crippen molar-refractivity contribution in [2.45, 2.75) is 6.61 Å². The van der Waals surface area contributed by atoms with Crippen molar-refractivity contribution >= 4 is 23.1 Å². The van der Waals surface area contributed by atoms with Crippen molar-refractivity contribution in [2.24, 2.45) is 7.05 Å². The van der Waals surface area contributed by atoms with Gasteiger partial charge in [-0.1, -0.05) is 0 Å². The molecule has 2 aromatic rings. The summed E-state index contributed by atoms with van der Waals surface area (Å²) in [4.78, 5) is 3.84. The summed E-state index contributed by atoms with van der Waals surface area (Å²) in [5, 5.41) is 6.94. The summed E-state index contributed by atoms with van der Waals surface area (Å²) in [5.41, 5.74) is 0. The molecule has 9 heteroatoms. The molecule has 0 radical (unpaired) electrons. The van der Waals surface area contributed by atoms with Gasteiger partial charge in [-0.2, -0.15) is 8.78 Å². The molecule has 2 heterocycles. The van der Waals surface area contributed by atoms with Crippen molar-refractivity contribution in [3.8, 4) is 5.88 Å². The molecule has 0 bridgehead atoms. The first kappa shape index (κ1) is 12.4. The lowest BCUT2D eigenvalue weighted by Gasteiger charge is -2.07. The van der Waals surface area contributed by atoms with Crippen LogP contribution in [0, 0.1) is 0 Å². The van der Waals surface area contributed by atoms with Gasteiger partial charge < -0.3 is 10.1 Å². The van der Waals surface area contributed by atoms with Gasteiger partial charge in [-0.15, -0.1) is 5.10 Å². The Bertz CT molecular complexity index is 539. The predicted octanol–water partition coefficient (Wildman–Crippen LogP) is 1.46. The Morgan fingerprint density at radius 1 is 1.56 bits per heavy atom. The van der Waals surface area contributed by atoms with E-state index in [9.17, 15) is 8.78 Å². The monoisotopic (exact) mass is 273 g/mol. The largest absolute Gasteiger partial charge is 0.415 e. The first-order valence-electron chi connectivity index (χ1n) is 4.84. The van der Waals surface area contributed by atoms with E-state index in [1.807, 2.05) is 0 Å². The third kappa shape index (κ3) is 2.80. The molecule has 0 aliphatic heterocycles. The van der Waals surface area contributed by atoms with Crippen LogP contribution in [0.1, 0.15) is 0 Å². The molecule has 0 aliphatic rings. The summed E-state index contributed by atoms with van der Waals surface area (Å²) < 4.78 is 31.1. The Hall–Kier alpha value is -2.03. The van der Waals surface area contributed by atoms with Gasteiger partial charge >= 0.3 is 6.61 Å². The van der Waals surface area contributed by atoms with Gasteiger partial charge in [0.25, 0.3) is 0 Å². The molecular weight excluding hydrogens is 264 g/mol. The van der Waals surface area contributed by atoms with E-state index in [0.717, 1.165) is 0 Å². The highest BCUT2D eigenvalue weighted by molar-refractivity contribution is 7.80. The highest BCUT2D eigenvalue weighted by Crippen LogP contribution is 2.17. The summed E-state index contributed by atoms with van der Waals surface area (Å²) >= 11 is 5.09. The molecule has 0 fully saturated rings. The lowest BCUT2D eigenvalue weighted by molar-refractivity contribution is -0.0531. The van der Waals surface area contributed by atoms with Gasteiger partial charge in [0, 0.05) is 25.5 Å². The van der Waals surface area contributed by atoms with Gasteiger partial charge in [0.1, 0.15) is 12.1 Å². The minimum absolute atomic E-state index is 0.177. The Balaban J connectivity index is 2.10. The smallest absolute Gasteiger partial charge is 0.388 e. The number of halogens is 2. The number of nitrogens with one attached hydrogen (secondary N) is 1. The van der Waals surface area contributed by atoms with Crippen molar-refractivity contribution in [1.29, 1.82) is 0 Å². The summed E-state index contributed by atoms with van der Waals surface area (Å²) in [7, 11) is 1.58. The van der Waals surface area contributed by atoms with Gasteiger partial charge in [0.2, 0.25) is 5.88 Å². The standard InChI is InChI=1S/C9H9F2N5OS/c1-15-6(4-7(14-15)17-8(10)11)13-9(18)16-3-2-12-5-16/h2-5,8H,1H3,(H,13,18). The number of hydrogen-bond acceptors (Lipinski definition) is 4. The molecule has 0 aromatic carbocycles. The molecule has 0 amide bonds. The third-order valence-electron chi connectivity index (χ3n) is 2.04. The van der Waals surface area contributed by atoms with Gasteiger partial charge in [-0.25, -0.2) is 9.67 Å². The van der Waals surface area contributed by atoms with Crippen LogP contribution in [0.2, 0.25) is 0 Å². The van der Waals surface area contributed by atoms with Gasteiger partial charge in [0.05, 0.1) is 0 Å². The fourth-order valence-corrected chi connectivity index (χ4v) is 1.47. The normalized spacial score (nSPS) is 10.7. The zero-order valence-electron chi connectivity index (χ0n) is 9.25. The highest BCUT2D eigenvalue weighted by atomic mass is 32.1. The van der Waals surface area contributed by atoms with Crippen molar-refractivity contribution in [2.75, 3.05) is 5.32 Å². The Kier molecular flexibility index (Phi) is 3.51. The van der Waals surface area contributed by atoms with Crippen LogP contribution < -0.4 is 10.1 Å². The molecule has 0 aliphatic carbocycles. The lowest BCUT2D eigenvalue weighted by atomic mass is 10.6. The molecule has 18 heavy (non-hydrogen) atoms. The fraction of sp³-hybridized carbons (Fsp3) is 0.222. The van der Waals surface area contributed by atoms with Crippen LogP contribution in [0.3, 0.4) is 0 Å². The number of anilines is 1. The second-order valence-electron chi connectivity index (χ2n) is 3.27. The zero-order chi connectivity index (χ0) is 13.1. The van der Waals surface area contributed by atoms with Crippen LogP contribution in [0.15, 0.2) is 24.8 Å². The van der Waals surface area contributed by atoms with Crippen LogP contribution in [0.5, 0.6) is 5.88 Å². The number of nitrogens with zero attached hydrogens (tertiary/aromatic N) is 4. The number of imidazole rings is 1. The number of ether oxygens (including phenoxy) is 1. The van der Waals surface area contributed by atoms with Crippen molar-refractivity contribution in [3.05, 3.63) is 24.8 Å². The molecule has 0 unspecified atom stereocenters. The van der Waals surface area contributed by atoms with Gasteiger partial charge in [-0.05, 0) is 12.2 Å². The van der Waals surface area contributed by atoms with Crippen LogP contribution in [-0.4, -0.2) is 31.1 Å². The minimum Gasteiger partial charge on any atom is -0.415 e. The Morgan fingerprint density at radius 3 is 2.94 bits per heavy atom. The SMILES string of the molecule is Cn1nc(OC(F)F)cc1NC(=S)n1ccnc1. The molecule has 2 aromatic heterocycles. The summed E-state index contributed by atoms with van der Waals surface area (Å²) in [6.45, 7) is -2.91. The zero-order valence-corrected chi connectivity index (χ0v) is 10.1. The summed E-state index contributed by atoms with van der Waals surface area (Å²) in [6, 6.07) is 1.33. The summed E-state index contributed by atoms with van der Waals surface area (Å²) in [5.74, 6) is 0.257. The van der Waals surface area contributed by atoms with E-state index in [1.165, 1.54) is 17.1 Å². The molecule has 2 rings (SSSR count). The molecule has 0 saturated heterocycles. The van der Waals surface area contributed by atoms with Crippen molar-refractivity contribution < 1.29 is 13.5 Å². The van der Waals surface area contributed by atoms with E-state index in [4.69, 9.17) is 12.2 Å². The third-order valence-corrected chi connectivity index (χ3v) is 2.35. The average Bonchev–Trinajstić information content (AvgIpc) is 2.88. The van der Waals surface area contributed by atoms with Crippen molar-refractivity contribution in [1.82, 2.24) is 19.3 Å². The van der Waals surface area contributed by atoms with Crippen LogP contribution in [0.4, 0.5) is 14.6 Å². The van der Waals surface area contributed by atoms with Crippen molar-refractivity contribution in [3.63, 3.8) is 0 Å². The first-order valence-corrected chi connectivity index (χ1v) is 5.25. The fourth-order valence-electron chi connectivity index (χ4n) is 1.26. The maximum atomic E-state index is 12.0. The topological polar surface area (TPSA) is 56.9 Å². The second kappa shape index (κ2) is 5.08. The highest BCUT2D eigenvalue weighted by Gasteiger charge is 2.11. The molecule has 0 spiro atoms. The number of alkyl halides is 2. The first-order chi connectivity index (χ1) is 8.56. The molecular formula is C9H9F2N5OS. The maximum absolute atomic E-state index is 12.0. The van der Waals surface area contributed by atoms with E-state index in [1.54, 1.807) is 24.0 Å². The lowest BCUT2D eigenvalue weighted by Crippen LogP contribution is -2.19. The van der Waals surface area contributed by atoms with Gasteiger partial charge in [0.15, 0.2) is 5.11 Å². The maximum Gasteiger partial charge on any atom is 0.388 e. The molecule has 96 valence electrons. The van der Waals surface area contributed by atoms with E-state index in [2.05, 4.69) is 20.1 Å². The number of aryl methyl sites for hydroxylation is 1. The number of aromatic nitrogens is 4. The quantitative estimate of drug-likeness (QED) is 0.858. The number of rotatable bonds is 3. The van der Waals surface area contributed by atoms with E-state index in [-0.39, 0.29) is 5.88 Å². The van der Waals surface area contributed by atoms with Crippen LogP contribution in [0.25, 0.3) is 0 Å². The number of hydrogen-bond donors (Lipinski definition) is 1. The average molecular weight is 273 g/mol. The van der Waals surface area contributed by atoms with E-state index >= 15 is 0 Å². The molecule has 1 N–H and O–H groups in total. The summed E-state index contributed by atoms with van der Waals surface area (Å²) in [6.07, 6.45) is 4.74. The van der Waals surface area contributed by atoms with Crippen LogP contribution in [-0.2, 0) is 7.05 Å². The van der Waals surface area contributed by atoms with E-state index < -0.39 is 6.61 Å². The molecule has 0 atom stereocenters. The number of thiocarbonyl (C=S) groups is 1. The molecule has 6 nitrogen and oxygen atoms in total. The van der Waals surface area contributed by atoms with Gasteiger partial charge in [-0.3, -0.25) is 4.57 Å². The van der Waals surface area contributed by atoms with Crippen LogP contribution >= 0.6 is 12.2 Å².